The quantitative estimate of drug-likeness (QED) is 0.608. The van der Waals surface area contributed by atoms with Gasteiger partial charge in [-0.25, -0.2) is 0 Å². The molecule has 2 aromatic rings. The summed E-state index contributed by atoms with van der Waals surface area (Å²) in [6.07, 6.45) is 1.06. The number of esters is 1. The van der Waals surface area contributed by atoms with Gasteiger partial charge in [0.15, 0.2) is 6.61 Å². The molecule has 164 valence electrons. The van der Waals surface area contributed by atoms with Gasteiger partial charge in [0.05, 0.1) is 5.92 Å². The van der Waals surface area contributed by atoms with E-state index in [0.29, 0.717) is 12.5 Å². The van der Waals surface area contributed by atoms with Crippen LogP contribution in [0.3, 0.4) is 0 Å². The average molecular weight is 423 g/mol. The van der Waals surface area contributed by atoms with Gasteiger partial charge in [0.1, 0.15) is 0 Å². The molecule has 0 N–H and O–H groups in total. The zero-order valence-corrected chi connectivity index (χ0v) is 18.4. The maximum Gasteiger partial charge on any atom is 0.311 e. The molecular weight excluding hydrogens is 392 g/mol. The third kappa shape index (κ3) is 5.51. The molecule has 0 saturated carbocycles. The van der Waals surface area contributed by atoms with Gasteiger partial charge in [0.2, 0.25) is 5.91 Å². The van der Waals surface area contributed by atoms with E-state index in [2.05, 4.69) is 13.8 Å². The second kappa shape index (κ2) is 10.2. The predicted molar refractivity (Wildman–Crippen MR) is 119 cm³/mol. The summed E-state index contributed by atoms with van der Waals surface area (Å²) in [7, 11) is 1.68. The highest BCUT2D eigenvalue weighted by Gasteiger charge is 2.37. The Hall–Kier alpha value is -3.15. The van der Waals surface area contributed by atoms with Crippen LogP contribution in [0, 0.1) is 5.92 Å². The van der Waals surface area contributed by atoms with Crippen molar-refractivity contribution >= 4 is 23.5 Å². The fourth-order valence-corrected chi connectivity index (χ4v) is 3.77. The van der Waals surface area contributed by atoms with Crippen molar-refractivity contribution in [2.75, 3.05) is 25.1 Å². The molecule has 0 unspecified atom stereocenters. The van der Waals surface area contributed by atoms with Crippen LogP contribution in [0.2, 0.25) is 0 Å². The second-order valence-electron chi connectivity index (χ2n) is 8.12. The fourth-order valence-electron chi connectivity index (χ4n) is 3.77. The van der Waals surface area contributed by atoms with Crippen molar-refractivity contribution in [2.24, 2.45) is 5.92 Å². The highest BCUT2D eigenvalue weighted by Crippen LogP contribution is 2.33. The largest absolute Gasteiger partial charge is 0.455 e. The molecular formula is C25H30N2O4. The van der Waals surface area contributed by atoms with Crippen LogP contribution in [0.1, 0.15) is 43.7 Å². The second-order valence-corrected chi connectivity index (χ2v) is 8.12. The van der Waals surface area contributed by atoms with Crippen LogP contribution >= 0.6 is 0 Å². The van der Waals surface area contributed by atoms with Crippen molar-refractivity contribution in [3.05, 3.63) is 65.7 Å². The van der Waals surface area contributed by atoms with Crippen LogP contribution in [0.4, 0.5) is 5.69 Å². The molecule has 2 amide bonds. The van der Waals surface area contributed by atoms with E-state index in [1.54, 1.807) is 11.9 Å². The molecule has 2 atom stereocenters. The first-order chi connectivity index (χ1) is 14.9. The zero-order chi connectivity index (χ0) is 22.4. The van der Waals surface area contributed by atoms with Gasteiger partial charge in [0, 0.05) is 32.2 Å². The van der Waals surface area contributed by atoms with Crippen molar-refractivity contribution in [2.45, 2.75) is 39.2 Å². The average Bonchev–Trinajstić information content (AvgIpc) is 3.18. The van der Waals surface area contributed by atoms with E-state index in [-0.39, 0.29) is 31.4 Å². The van der Waals surface area contributed by atoms with Gasteiger partial charge in [-0.15, -0.1) is 0 Å². The van der Waals surface area contributed by atoms with Gasteiger partial charge in [-0.05, 0) is 29.5 Å². The van der Waals surface area contributed by atoms with E-state index in [1.165, 1.54) is 4.90 Å². The van der Waals surface area contributed by atoms with E-state index < -0.39 is 11.9 Å². The standard InChI is InChI=1S/C25H30N2O4/c1-4-18(2)21-12-8-9-13-22(21)27-16-20(14-23(27)28)25(30)31-17-24(29)26(3)15-19-10-6-5-7-11-19/h5-13,18,20H,4,14-17H2,1-3H3/t18-,20+/m0/s1. The van der Waals surface area contributed by atoms with Crippen LogP contribution in [0.5, 0.6) is 0 Å². The highest BCUT2D eigenvalue weighted by molar-refractivity contribution is 6.00. The van der Waals surface area contributed by atoms with Gasteiger partial charge >= 0.3 is 5.97 Å². The molecule has 3 rings (SSSR count). The molecule has 31 heavy (non-hydrogen) atoms. The summed E-state index contributed by atoms with van der Waals surface area (Å²) in [5, 5.41) is 0. The molecule has 0 spiro atoms. The molecule has 0 aliphatic carbocycles. The van der Waals surface area contributed by atoms with E-state index in [1.807, 2.05) is 54.6 Å². The molecule has 0 aromatic heterocycles. The Labute approximate surface area is 183 Å². The first kappa shape index (κ1) is 22.5. The number of amides is 2. The summed E-state index contributed by atoms with van der Waals surface area (Å²) in [5.74, 6) is -1.12. The zero-order valence-electron chi connectivity index (χ0n) is 18.4. The lowest BCUT2D eigenvalue weighted by molar-refractivity contribution is -0.155. The summed E-state index contributed by atoms with van der Waals surface area (Å²) in [6.45, 7) is 4.64. The van der Waals surface area contributed by atoms with Gasteiger partial charge in [-0.3, -0.25) is 14.4 Å². The lowest BCUT2D eigenvalue weighted by Gasteiger charge is -2.23. The number of likely N-dealkylation sites (N-methyl/N-ethyl adjacent to an activating group) is 1. The minimum Gasteiger partial charge on any atom is -0.455 e. The number of anilines is 1. The maximum atomic E-state index is 12.6. The SMILES string of the molecule is CC[C@H](C)c1ccccc1N1C[C@H](C(=O)OCC(=O)N(C)Cc2ccccc2)CC1=O. The molecule has 1 aliphatic rings. The minimum absolute atomic E-state index is 0.0924. The van der Waals surface area contributed by atoms with E-state index in [4.69, 9.17) is 4.74 Å². The number of benzene rings is 2. The molecule has 2 aromatic carbocycles. The molecule has 0 radical (unpaired) electrons. The number of rotatable bonds is 8. The normalized spacial score (nSPS) is 16.8. The highest BCUT2D eigenvalue weighted by atomic mass is 16.5. The van der Waals surface area contributed by atoms with Crippen LogP contribution in [0.15, 0.2) is 54.6 Å². The van der Waals surface area contributed by atoms with Crippen molar-refractivity contribution in [3.63, 3.8) is 0 Å². The first-order valence-electron chi connectivity index (χ1n) is 10.7. The number of nitrogens with zero attached hydrogens (tertiary/aromatic N) is 2. The third-order valence-corrected chi connectivity index (χ3v) is 5.86. The Morgan fingerprint density at radius 3 is 2.52 bits per heavy atom. The molecule has 6 nitrogen and oxygen atoms in total. The van der Waals surface area contributed by atoms with Gasteiger partial charge in [0.25, 0.3) is 5.91 Å². The third-order valence-electron chi connectivity index (χ3n) is 5.86. The minimum atomic E-state index is -0.565. The summed E-state index contributed by atoms with van der Waals surface area (Å²) in [5.41, 5.74) is 2.96. The van der Waals surface area contributed by atoms with Crippen LogP contribution in [-0.4, -0.2) is 42.9 Å². The fraction of sp³-hybridized carbons (Fsp3) is 0.400. The monoisotopic (exact) mass is 422 g/mol. The Morgan fingerprint density at radius 2 is 1.81 bits per heavy atom. The van der Waals surface area contributed by atoms with Crippen molar-refractivity contribution in [1.29, 1.82) is 0 Å². The van der Waals surface area contributed by atoms with Gasteiger partial charge in [-0.1, -0.05) is 62.4 Å². The van der Waals surface area contributed by atoms with Crippen LogP contribution < -0.4 is 4.90 Å². The lowest BCUT2D eigenvalue weighted by Crippen LogP contribution is -2.32. The molecule has 6 heteroatoms. The predicted octanol–water partition coefficient (Wildman–Crippen LogP) is 3.75. The molecule has 1 aliphatic heterocycles. The molecule has 0 bridgehead atoms. The van der Waals surface area contributed by atoms with E-state index >= 15 is 0 Å². The number of hydrogen-bond acceptors (Lipinski definition) is 4. The smallest absolute Gasteiger partial charge is 0.311 e. The Kier molecular flexibility index (Phi) is 7.45. The number of carbonyl (C=O) groups is 3. The van der Waals surface area contributed by atoms with Crippen LogP contribution in [0.25, 0.3) is 0 Å². The Bertz CT molecular complexity index is 928. The Balaban J connectivity index is 1.57. The molecule has 1 saturated heterocycles. The lowest BCUT2D eigenvalue weighted by atomic mass is 9.96. The number of ether oxygens (including phenoxy) is 1. The number of carbonyl (C=O) groups excluding carboxylic acids is 3. The van der Waals surface area contributed by atoms with Crippen molar-refractivity contribution in [3.8, 4) is 0 Å². The number of para-hydroxylation sites is 1. The Morgan fingerprint density at radius 1 is 1.13 bits per heavy atom. The summed E-state index contributed by atoms with van der Waals surface area (Å²) < 4.78 is 5.27. The topological polar surface area (TPSA) is 66.9 Å². The number of hydrogen-bond donors (Lipinski definition) is 0. The summed E-state index contributed by atoms with van der Waals surface area (Å²) >= 11 is 0. The maximum absolute atomic E-state index is 12.6. The van der Waals surface area contributed by atoms with Crippen LogP contribution in [-0.2, 0) is 25.7 Å². The van der Waals surface area contributed by atoms with Gasteiger partial charge < -0.3 is 14.5 Å². The summed E-state index contributed by atoms with van der Waals surface area (Å²) in [4.78, 5) is 40.7. The molecule has 1 heterocycles. The van der Waals surface area contributed by atoms with Crippen molar-refractivity contribution < 1.29 is 19.1 Å². The molecule has 1 fully saturated rings. The van der Waals surface area contributed by atoms with E-state index in [9.17, 15) is 14.4 Å². The van der Waals surface area contributed by atoms with Gasteiger partial charge in [-0.2, -0.15) is 0 Å². The van der Waals surface area contributed by atoms with Crippen molar-refractivity contribution in [1.82, 2.24) is 4.90 Å². The summed E-state index contributed by atoms with van der Waals surface area (Å²) in [6, 6.07) is 17.4. The van der Waals surface area contributed by atoms with E-state index in [0.717, 1.165) is 23.2 Å². The first-order valence-corrected chi connectivity index (χ1v) is 10.7.